The minimum atomic E-state index is -4.27. The second-order valence-corrected chi connectivity index (χ2v) is 5.63. The van der Waals surface area contributed by atoms with Crippen LogP contribution in [0.5, 0.6) is 0 Å². The zero-order valence-corrected chi connectivity index (χ0v) is 12.2. The molecule has 5 heteroatoms. The van der Waals surface area contributed by atoms with Crippen molar-refractivity contribution in [2.45, 2.75) is 39.0 Å². The molecule has 0 aliphatic rings. The number of hydrogen-bond acceptors (Lipinski definition) is 2. The summed E-state index contributed by atoms with van der Waals surface area (Å²) < 4.78 is 37.3. The molecule has 1 rings (SSSR count). The van der Waals surface area contributed by atoms with Crippen molar-refractivity contribution in [2.75, 3.05) is 13.6 Å². The molecule has 0 radical (unpaired) electrons. The summed E-state index contributed by atoms with van der Waals surface area (Å²) in [5.41, 5.74) is 6.24. The SMILES string of the molecule is CC(C)C(N)CCN(C)Cc1ccc(C(F)(F)F)cc1. The lowest BCUT2D eigenvalue weighted by Crippen LogP contribution is -2.31. The molecule has 0 fully saturated rings. The largest absolute Gasteiger partial charge is 0.416 e. The maximum Gasteiger partial charge on any atom is 0.416 e. The number of nitrogens with zero attached hydrogens (tertiary/aromatic N) is 1. The monoisotopic (exact) mass is 288 g/mol. The van der Waals surface area contributed by atoms with Gasteiger partial charge < -0.3 is 10.6 Å². The highest BCUT2D eigenvalue weighted by atomic mass is 19.4. The third kappa shape index (κ3) is 5.51. The van der Waals surface area contributed by atoms with E-state index in [-0.39, 0.29) is 6.04 Å². The number of benzene rings is 1. The first-order valence-corrected chi connectivity index (χ1v) is 6.80. The second-order valence-electron chi connectivity index (χ2n) is 5.63. The molecular weight excluding hydrogens is 265 g/mol. The third-order valence-corrected chi connectivity index (χ3v) is 3.43. The number of alkyl halides is 3. The lowest BCUT2D eigenvalue weighted by molar-refractivity contribution is -0.137. The van der Waals surface area contributed by atoms with Crippen LogP contribution < -0.4 is 5.73 Å². The van der Waals surface area contributed by atoms with Gasteiger partial charge in [-0.2, -0.15) is 13.2 Å². The van der Waals surface area contributed by atoms with Gasteiger partial charge in [0.25, 0.3) is 0 Å². The Labute approximate surface area is 118 Å². The van der Waals surface area contributed by atoms with E-state index in [9.17, 15) is 13.2 Å². The molecule has 1 aromatic carbocycles. The molecule has 0 aliphatic carbocycles. The van der Waals surface area contributed by atoms with Crippen molar-refractivity contribution in [1.82, 2.24) is 4.90 Å². The van der Waals surface area contributed by atoms with Crippen LogP contribution >= 0.6 is 0 Å². The van der Waals surface area contributed by atoms with Gasteiger partial charge >= 0.3 is 6.18 Å². The van der Waals surface area contributed by atoms with Gasteiger partial charge in [0.2, 0.25) is 0 Å². The second kappa shape index (κ2) is 7.09. The predicted octanol–water partition coefficient (Wildman–Crippen LogP) is 3.51. The fourth-order valence-electron chi connectivity index (χ4n) is 1.89. The molecule has 0 saturated carbocycles. The Balaban J connectivity index is 2.48. The molecule has 1 aromatic rings. The van der Waals surface area contributed by atoms with E-state index in [0.29, 0.717) is 12.5 Å². The molecule has 20 heavy (non-hydrogen) atoms. The molecule has 0 aliphatic heterocycles. The molecule has 2 nitrogen and oxygen atoms in total. The third-order valence-electron chi connectivity index (χ3n) is 3.43. The van der Waals surface area contributed by atoms with Crippen LogP contribution in [0.25, 0.3) is 0 Å². The summed E-state index contributed by atoms with van der Waals surface area (Å²) in [6.07, 6.45) is -3.39. The van der Waals surface area contributed by atoms with E-state index >= 15 is 0 Å². The topological polar surface area (TPSA) is 29.3 Å². The van der Waals surface area contributed by atoms with Crippen LogP contribution in [-0.2, 0) is 12.7 Å². The first-order valence-electron chi connectivity index (χ1n) is 6.80. The summed E-state index contributed by atoms with van der Waals surface area (Å²) in [6.45, 7) is 5.63. The molecule has 0 heterocycles. The van der Waals surface area contributed by atoms with Gasteiger partial charge in [0.05, 0.1) is 5.56 Å². The Bertz CT molecular complexity index is 399. The van der Waals surface area contributed by atoms with Crippen molar-refractivity contribution in [1.29, 1.82) is 0 Å². The Morgan fingerprint density at radius 3 is 2.15 bits per heavy atom. The van der Waals surface area contributed by atoms with Crippen LogP contribution in [0.3, 0.4) is 0 Å². The van der Waals surface area contributed by atoms with Crippen molar-refractivity contribution in [3.8, 4) is 0 Å². The molecule has 1 unspecified atom stereocenters. The summed E-state index contributed by atoms with van der Waals surface area (Å²) in [5.74, 6) is 0.439. The quantitative estimate of drug-likeness (QED) is 0.868. The normalized spacial score (nSPS) is 14.1. The predicted molar refractivity (Wildman–Crippen MR) is 75.2 cm³/mol. The van der Waals surface area contributed by atoms with Gasteiger partial charge in [-0.05, 0) is 43.6 Å². The first-order chi connectivity index (χ1) is 9.20. The van der Waals surface area contributed by atoms with Crippen LogP contribution in [0.15, 0.2) is 24.3 Å². The maximum absolute atomic E-state index is 12.4. The molecule has 2 N–H and O–H groups in total. The van der Waals surface area contributed by atoms with Crippen LogP contribution in [-0.4, -0.2) is 24.5 Å². The number of halogens is 3. The average molecular weight is 288 g/mol. The Morgan fingerprint density at radius 2 is 1.70 bits per heavy atom. The van der Waals surface area contributed by atoms with E-state index in [1.165, 1.54) is 12.1 Å². The van der Waals surface area contributed by atoms with Crippen molar-refractivity contribution >= 4 is 0 Å². The summed E-state index contributed by atoms with van der Waals surface area (Å²) in [4.78, 5) is 2.07. The fourth-order valence-corrected chi connectivity index (χ4v) is 1.89. The van der Waals surface area contributed by atoms with E-state index in [4.69, 9.17) is 5.73 Å². The van der Waals surface area contributed by atoms with Gasteiger partial charge in [0, 0.05) is 12.6 Å². The molecule has 0 aromatic heterocycles. The smallest absolute Gasteiger partial charge is 0.327 e. The summed E-state index contributed by atoms with van der Waals surface area (Å²) in [7, 11) is 1.95. The van der Waals surface area contributed by atoms with E-state index in [1.807, 2.05) is 7.05 Å². The lowest BCUT2D eigenvalue weighted by Gasteiger charge is -2.21. The Kier molecular flexibility index (Phi) is 6.02. The summed E-state index contributed by atoms with van der Waals surface area (Å²) in [6, 6.07) is 5.47. The van der Waals surface area contributed by atoms with Gasteiger partial charge in [-0.1, -0.05) is 26.0 Å². The molecule has 1 atom stereocenters. The molecule has 0 spiro atoms. The lowest BCUT2D eigenvalue weighted by atomic mass is 10.0. The highest BCUT2D eigenvalue weighted by Gasteiger charge is 2.29. The van der Waals surface area contributed by atoms with Gasteiger partial charge in [0.1, 0.15) is 0 Å². The average Bonchev–Trinajstić information content (AvgIpc) is 2.35. The molecule has 0 amide bonds. The number of rotatable bonds is 6. The van der Waals surface area contributed by atoms with Gasteiger partial charge in [0.15, 0.2) is 0 Å². The van der Waals surface area contributed by atoms with Crippen molar-refractivity contribution < 1.29 is 13.2 Å². The standard InChI is InChI=1S/C15H23F3N2/c1-11(2)14(19)8-9-20(3)10-12-4-6-13(7-5-12)15(16,17)18/h4-7,11,14H,8-10,19H2,1-3H3. The van der Waals surface area contributed by atoms with Crippen LogP contribution in [0.4, 0.5) is 13.2 Å². The number of nitrogens with two attached hydrogens (primary N) is 1. The number of hydrogen-bond donors (Lipinski definition) is 1. The van der Waals surface area contributed by atoms with Crippen LogP contribution in [0.2, 0.25) is 0 Å². The van der Waals surface area contributed by atoms with E-state index < -0.39 is 11.7 Å². The highest BCUT2D eigenvalue weighted by Crippen LogP contribution is 2.29. The van der Waals surface area contributed by atoms with E-state index in [2.05, 4.69) is 18.7 Å². The Morgan fingerprint density at radius 1 is 1.15 bits per heavy atom. The fraction of sp³-hybridized carbons (Fsp3) is 0.600. The highest BCUT2D eigenvalue weighted by molar-refractivity contribution is 5.24. The van der Waals surface area contributed by atoms with Crippen molar-refractivity contribution in [2.24, 2.45) is 11.7 Å². The summed E-state index contributed by atoms with van der Waals surface area (Å²) in [5, 5.41) is 0. The van der Waals surface area contributed by atoms with Gasteiger partial charge in [-0.25, -0.2) is 0 Å². The van der Waals surface area contributed by atoms with Crippen molar-refractivity contribution in [3.05, 3.63) is 35.4 Å². The van der Waals surface area contributed by atoms with E-state index in [0.717, 1.165) is 30.7 Å². The zero-order chi connectivity index (χ0) is 15.3. The van der Waals surface area contributed by atoms with Gasteiger partial charge in [-0.15, -0.1) is 0 Å². The Hall–Kier alpha value is -1.07. The molecule has 0 bridgehead atoms. The molecule has 0 saturated heterocycles. The van der Waals surface area contributed by atoms with E-state index in [1.54, 1.807) is 0 Å². The van der Waals surface area contributed by atoms with Gasteiger partial charge in [-0.3, -0.25) is 0 Å². The maximum atomic E-state index is 12.4. The zero-order valence-electron chi connectivity index (χ0n) is 12.2. The minimum absolute atomic E-state index is 0.157. The van der Waals surface area contributed by atoms with Crippen LogP contribution in [0, 0.1) is 5.92 Å². The summed E-state index contributed by atoms with van der Waals surface area (Å²) >= 11 is 0. The minimum Gasteiger partial charge on any atom is -0.327 e. The van der Waals surface area contributed by atoms with Crippen molar-refractivity contribution in [3.63, 3.8) is 0 Å². The van der Waals surface area contributed by atoms with Crippen LogP contribution in [0.1, 0.15) is 31.4 Å². The molecular formula is C15H23F3N2. The molecule has 114 valence electrons. The first kappa shape index (κ1) is 17.0.